The average Bonchev–Trinajstić information content (AvgIpc) is 3.49. The lowest BCUT2D eigenvalue weighted by Crippen LogP contribution is -2.30. The molecule has 81 heavy (non-hydrogen) atoms. The SMILES string of the molecule is CCC1CCC(C2CCC(C(=O)Oc3ccc(/C=C/C(=O)OCCCCOC(=O)C(C)(C)CC)cc3)CC2)CC1.CCC1CCC(C2CCC(C(=O)Oc3ccc(/C=C/C(=O)OCCCCOC(=O)C(C)(C)CC)cc3C)CC2)CC1. The van der Waals surface area contributed by atoms with Crippen LogP contribution in [0.25, 0.3) is 12.2 Å². The maximum atomic E-state index is 12.9. The Morgan fingerprint density at radius 1 is 0.457 bits per heavy atom. The van der Waals surface area contributed by atoms with Gasteiger partial charge in [-0.1, -0.05) is 84.4 Å². The second kappa shape index (κ2) is 34.4. The van der Waals surface area contributed by atoms with E-state index in [1.807, 2.05) is 72.7 Å². The quantitative estimate of drug-likeness (QED) is 0.0289. The fourth-order valence-electron chi connectivity index (χ4n) is 11.9. The van der Waals surface area contributed by atoms with Gasteiger partial charge in [-0.05, 0) is 239 Å². The van der Waals surface area contributed by atoms with Crippen LogP contribution < -0.4 is 9.47 Å². The lowest BCUT2D eigenvalue weighted by atomic mass is 9.69. The van der Waals surface area contributed by atoms with Crippen molar-refractivity contribution in [1.29, 1.82) is 0 Å². The van der Waals surface area contributed by atoms with Gasteiger partial charge in [0, 0.05) is 12.2 Å². The number of rotatable bonds is 26. The highest BCUT2D eigenvalue weighted by atomic mass is 16.6. The highest BCUT2D eigenvalue weighted by molar-refractivity contribution is 5.88. The number of hydrogen-bond donors (Lipinski definition) is 0. The number of carbonyl (C=O) groups excluding carboxylic acids is 6. The van der Waals surface area contributed by atoms with Crippen molar-refractivity contribution in [3.05, 3.63) is 71.3 Å². The van der Waals surface area contributed by atoms with E-state index in [-0.39, 0.29) is 48.9 Å². The Balaban J connectivity index is 0.000000297. The Morgan fingerprint density at radius 3 is 1.20 bits per heavy atom. The van der Waals surface area contributed by atoms with E-state index in [0.29, 0.717) is 50.4 Å². The summed E-state index contributed by atoms with van der Waals surface area (Å²) in [5.74, 6) is 4.74. The third-order valence-electron chi connectivity index (χ3n) is 18.7. The summed E-state index contributed by atoms with van der Waals surface area (Å²) in [4.78, 5) is 73.7. The van der Waals surface area contributed by atoms with Crippen LogP contribution in [0.5, 0.6) is 11.5 Å². The highest BCUT2D eigenvalue weighted by Crippen LogP contribution is 2.44. The summed E-state index contributed by atoms with van der Waals surface area (Å²) in [7, 11) is 0. The van der Waals surface area contributed by atoms with Crippen molar-refractivity contribution in [3.63, 3.8) is 0 Å². The highest BCUT2D eigenvalue weighted by Gasteiger charge is 2.35. The van der Waals surface area contributed by atoms with Crippen molar-refractivity contribution in [2.24, 2.45) is 58.2 Å². The molecule has 4 fully saturated rings. The normalized spacial score (nSPS) is 23.4. The van der Waals surface area contributed by atoms with Crippen molar-refractivity contribution in [3.8, 4) is 11.5 Å². The molecule has 0 spiro atoms. The van der Waals surface area contributed by atoms with Crippen LogP contribution >= 0.6 is 0 Å². The average molecular weight is 1120 g/mol. The molecule has 12 heteroatoms. The summed E-state index contributed by atoms with van der Waals surface area (Å²) in [6, 6.07) is 12.7. The number of hydrogen-bond acceptors (Lipinski definition) is 12. The molecule has 2 aromatic carbocycles. The van der Waals surface area contributed by atoms with Gasteiger partial charge < -0.3 is 28.4 Å². The molecule has 0 aliphatic heterocycles. The second-order valence-corrected chi connectivity index (χ2v) is 25.2. The summed E-state index contributed by atoms with van der Waals surface area (Å²) in [5.41, 5.74) is 1.57. The molecular formula is C69H102O12. The molecule has 0 N–H and O–H groups in total. The summed E-state index contributed by atoms with van der Waals surface area (Å²) in [5, 5.41) is 0. The Morgan fingerprint density at radius 2 is 0.815 bits per heavy atom. The molecule has 0 bridgehead atoms. The van der Waals surface area contributed by atoms with E-state index in [9.17, 15) is 28.8 Å². The topological polar surface area (TPSA) is 158 Å². The Hall–Kier alpha value is -5.26. The maximum Gasteiger partial charge on any atom is 0.330 e. The number of ether oxygens (including phenoxy) is 6. The smallest absolute Gasteiger partial charge is 0.330 e. The first-order chi connectivity index (χ1) is 38.8. The molecule has 12 nitrogen and oxygen atoms in total. The van der Waals surface area contributed by atoms with Gasteiger partial charge in [0.05, 0.1) is 49.1 Å². The summed E-state index contributed by atoms with van der Waals surface area (Å²) >= 11 is 0. The molecule has 2 aromatic rings. The van der Waals surface area contributed by atoms with Crippen LogP contribution in [0.3, 0.4) is 0 Å². The first-order valence-corrected chi connectivity index (χ1v) is 31.5. The minimum atomic E-state index is -0.471. The van der Waals surface area contributed by atoms with Gasteiger partial charge in [0.25, 0.3) is 0 Å². The van der Waals surface area contributed by atoms with E-state index in [2.05, 4.69) is 13.8 Å². The minimum Gasteiger partial charge on any atom is -0.465 e. The molecular weight excluding hydrogens is 1020 g/mol. The summed E-state index contributed by atoms with van der Waals surface area (Å²) in [6.07, 6.45) is 32.1. The Bertz CT molecular complexity index is 2310. The van der Waals surface area contributed by atoms with Crippen molar-refractivity contribution >= 4 is 48.0 Å². The molecule has 6 rings (SSSR count). The Kier molecular flexibility index (Phi) is 28.2. The zero-order valence-electron chi connectivity index (χ0n) is 51.2. The fourth-order valence-corrected chi connectivity index (χ4v) is 11.9. The monoisotopic (exact) mass is 1120 g/mol. The predicted octanol–water partition coefficient (Wildman–Crippen LogP) is 16.2. The number of aryl methyl sites for hydroxylation is 1. The third-order valence-corrected chi connectivity index (χ3v) is 18.7. The molecule has 0 heterocycles. The standard InChI is InChI=1S/C35H52O6.C34H50O6/c1-6-26-10-14-28(15-11-26)29-16-18-30(19-17-29)33(37)41-31-20-12-27(24-25(31)3)13-21-32(36)39-22-8-9-23-40-34(38)35(4,5)7-2;1-5-25-9-14-27(15-10-25)28-16-18-29(19-17-28)32(36)40-30-20-11-26(12-21-30)13-22-31(35)38-23-7-8-24-39-33(37)34(3,4)6-2/h12-13,20-21,24,26,28-30H,6-11,14-19,22-23H2,1-5H3;11-13,20-22,25,27-29H,5-10,14-19,23-24H2,1-4H3/b21-13+;22-13+. The van der Waals surface area contributed by atoms with Crippen molar-refractivity contribution in [2.45, 2.75) is 216 Å². The Labute approximate surface area is 487 Å². The van der Waals surface area contributed by atoms with Crippen LogP contribution in [0.4, 0.5) is 0 Å². The molecule has 0 radical (unpaired) electrons. The van der Waals surface area contributed by atoms with Crippen LogP contribution in [0, 0.1) is 65.1 Å². The summed E-state index contributed by atoms with van der Waals surface area (Å²) < 4.78 is 32.6. The second-order valence-electron chi connectivity index (χ2n) is 25.2. The lowest BCUT2D eigenvalue weighted by Gasteiger charge is -2.37. The number of carbonyl (C=O) groups is 6. The van der Waals surface area contributed by atoms with E-state index >= 15 is 0 Å². The van der Waals surface area contributed by atoms with E-state index in [1.165, 1.54) is 76.4 Å². The number of benzene rings is 2. The lowest BCUT2D eigenvalue weighted by molar-refractivity contribution is -0.155. The molecule has 0 saturated heterocycles. The molecule has 0 aromatic heterocycles. The van der Waals surface area contributed by atoms with Crippen LogP contribution in [0.2, 0.25) is 0 Å². The van der Waals surface area contributed by atoms with E-state index in [1.54, 1.807) is 30.4 Å². The van der Waals surface area contributed by atoms with Gasteiger partial charge in [0.15, 0.2) is 0 Å². The van der Waals surface area contributed by atoms with Crippen LogP contribution in [-0.2, 0) is 47.7 Å². The summed E-state index contributed by atoms with van der Waals surface area (Å²) in [6.45, 7) is 19.1. The molecule has 4 aliphatic rings. The van der Waals surface area contributed by atoms with Gasteiger partial charge >= 0.3 is 35.8 Å². The zero-order chi connectivity index (χ0) is 58.8. The van der Waals surface area contributed by atoms with Gasteiger partial charge in [0.2, 0.25) is 0 Å². The third kappa shape index (κ3) is 22.8. The van der Waals surface area contributed by atoms with Gasteiger partial charge in [-0.2, -0.15) is 0 Å². The maximum absolute atomic E-state index is 12.9. The zero-order valence-corrected chi connectivity index (χ0v) is 51.2. The van der Waals surface area contributed by atoms with Crippen molar-refractivity contribution in [2.75, 3.05) is 26.4 Å². The van der Waals surface area contributed by atoms with Crippen molar-refractivity contribution < 1.29 is 57.2 Å². The molecule has 4 saturated carbocycles. The fraction of sp³-hybridized carbons (Fsp3) is 0.681. The van der Waals surface area contributed by atoms with E-state index < -0.39 is 22.8 Å². The van der Waals surface area contributed by atoms with Crippen LogP contribution in [0.1, 0.15) is 226 Å². The largest absolute Gasteiger partial charge is 0.465 e. The van der Waals surface area contributed by atoms with Crippen LogP contribution in [0.15, 0.2) is 54.6 Å². The first kappa shape index (κ1) is 66.5. The van der Waals surface area contributed by atoms with Gasteiger partial charge in [-0.15, -0.1) is 0 Å². The van der Waals surface area contributed by atoms with E-state index in [4.69, 9.17) is 28.4 Å². The van der Waals surface area contributed by atoms with Crippen molar-refractivity contribution in [1.82, 2.24) is 0 Å². The van der Waals surface area contributed by atoms with Gasteiger partial charge in [-0.3, -0.25) is 19.2 Å². The predicted molar refractivity (Wildman–Crippen MR) is 320 cm³/mol. The molecule has 4 aliphatic carbocycles. The van der Waals surface area contributed by atoms with Gasteiger partial charge in [0.1, 0.15) is 11.5 Å². The van der Waals surface area contributed by atoms with Crippen LogP contribution in [-0.4, -0.2) is 62.2 Å². The molecule has 0 atom stereocenters. The number of esters is 6. The number of unbranched alkanes of at least 4 members (excludes halogenated alkanes) is 2. The van der Waals surface area contributed by atoms with Gasteiger partial charge in [-0.25, -0.2) is 9.59 Å². The molecule has 0 unspecified atom stereocenters. The van der Waals surface area contributed by atoms with E-state index in [0.717, 1.165) is 116 Å². The minimum absolute atomic E-state index is 0.00666. The first-order valence-electron chi connectivity index (χ1n) is 31.5. The molecule has 0 amide bonds. The molecule has 450 valence electrons.